The molecule has 0 heterocycles. The zero-order valence-electron chi connectivity index (χ0n) is 13.3. The SMILES string of the molecule is CCCO[Si](C)(C)O[Si](C)(C)OCCCC(C)C. The van der Waals surface area contributed by atoms with Crippen LogP contribution in [0, 0.1) is 5.92 Å². The van der Waals surface area contributed by atoms with Gasteiger partial charge in [0, 0.05) is 13.2 Å². The molecule has 5 heteroatoms. The Labute approximate surface area is 116 Å². The van der Waals surface area contributed by atoms with Crippen LogP contribution in [0.5, 0.6) is 0 Å². The van der Waals surface area contributed by atoms with E-state index < -0.39 is 17.1 Å². The summed E-state index contributed by atoms with van der Waals surface area (Å²) in [7, 11) is -4.03. The molecule has 0 unspecified atom stereocenters. The Morgan fingerprint density at radius 2 is 1.39 bits per heavy atom. The Bertz CT molecular complexity index is 218. The summed E-state index contributed by atoms with van der Waals surface area (Å²) in [5.41, 5.74) is 0. The highest BCUT2D eigenvalue weighted by atomic mass is 28.5. The lowest BCUT2D eigenvalue weighted by Gasteiger charge is -2.32. The summed E-state index contributed by atoms with van der Waals surface area (Å²) in [6.45, 7) is 16.7. The molecule has 0 radical (unpaired) electrons. The smallest absolute Gasteiger partial charge is 0.322 e. The third kappa shape index (κ3) is 10.3. The Morgan fingerprint density at radius 3 is 1.83 bits per heavy atom. The summed E-state index contributed by atoms with van der Waals surface area (Å²) >= 11 is 0. The van der Waals surface area contributed by atoms with E-state index in [1.54, 1.807) is 0 Å². The van der Waals surface area contributed by atoms with Crippen molar-refractivity contribution in [2.75, 3.05) is 13.2 Å². The number of hydrogen-bond acceptors (Lipinski definition) is 3. The predicted molar refractivity (Wildman–Crippen MR) is 82.3 cm³/mol. The molecule has 0 saturated heterocycles. The van der Waals surface area contributed by atoms with Crippen molar-refractivity contribution in [1.82, 2.24) is 0 Å². The topological polar surface area (TPSA) is 27.7 Å². The van der Waals surface area contributed by atoms with Gasteiger partial charge in [0.25, 0.3) is 0 Å². The van der Waals surface area contributed by atoms with Gasteiger partial charge in [-0.3, -0.25) is 0 Å². The van der Waals surface area contributed by atoms with Gasteiger partial charge in [0.1, 0.15) is 0 Å². The summed E-state index contributed by atoms with van der Waals surface area (Å²) in [6, 6.07) is 0. The van der Waals surface area contributed by atoms with E-state index in [1.165, 1.54) is 6.42 Å². The van der Waals surface area contributed by atoms with Crippen molar-refractivity contribution >= 4 is 17.1 Å². The molecule has 0 amide bonds. The van der Waals surface area contributed by atoms with Crippen LogP contribution in [0.25, 0.3) is 0 Å². The molecule has 0 bridgehead atoms. The molecule has 0 rings (SSSR count). The molecular formula is C13H32O3Si2. The van der Waals surface area contributed by atoms with Crippen LogP contribution in [-0.4, -0.2) is 30.3 Å². The van der Waals surface area contributed by atoms with Gasteiger partial charge in [-0.2, -0.15) is 0 Å². The van der Waals surface area contributed by atoms with Gasteiger partial charge in [-0.05, 0) is 51.4 Å². The van der Waals surface area contributed by atoms with Gasteiger partial charge in [-0.15, -0.1) is 0 Å². The minimum Gasteiger partial charge on any atom is -0.415 e. The summed E-state index contributed by atoms with van der Waals surface area (Å²) in [5, 5.41) is 0. The Hall–Kier alpha value is 0.314. The van der Waals surface area contributed by atoms with Crippen molar-refractivity contribution in [1.29, 1.82) is 0 Å². The van der Waals surface area contributed by atoms with Crippen LogP contribution in [-0.2, 0) is 13.0 Å². The van der Waals surface area contributed by atoms with Crippen molar-refractivity contribution in [2.24, 2.45) is 5.92 Å². The number of rotatable bonds is 10. The van der Waals surface area contributed by atoms with E-state index in [9.17, 15) is 0 Å². The lowest BCUT2D eigenvalue weighted by Crippen LogP contribution is -2.48. The third-order valence-corrected chi connectivity index (χ3v) is 8.25. The zero-order chi connectivity index (χ0) is 14.2. The first kappa shape index (κ1) is 18.3. The monoisotopic (exact) mass is 292 g/mol. The van der Waals surface area contributed by atoms with Crippen LogP contribution in [0.2, 0.25) is 26.2 Å². The minimum atomic E-state index is -2.02. The second kappa shape index (κ2) is 8.48. The highest BCUT2D eigenvalue weighted by Crippen LogP contribution is 2.17. The van der Waals surface area contributed by atoms with Gasteiger partial charge in [0.05, 0.1) is 0 Å². The van der Waals surface area contributed by atoms with Crippen molar-refractivity contribution < 1.29 is 13.0 Å². The van der Waals surface area contributed by atoms with E-state index in [4.69, 9.17) is 13.0 Å². The Balaban J connectivity index is 3.97. The molecule has 0 aromatic rings. The van der Waals surface area contributed by atoms with E-state index in [0.717, 1.165) is 32.0 Å². The second-order valence-corrected chi connectivity index (χ2v) is 13.1. The Morgan fingerprint density at radius 1 is 0.889 bits per heavy atom. The van der Waals surface area contributed by atoms with Crippen molar-refractivity contribution in [3.05, 3.63) is 0 Å². The van der Waals surface area contributed by atoms with Crippen LogP contribution in [0.1, 0.15) is 40.0 Å². The van der Waals surface area contributed by atoms with E-state index in [0.29, 0.717) is 0 Å². The van der Waals surface area contributed by atoms with E-state index in [2.05, 4.69) is 47.0 Å². The molecular weight excluding hydrogens is 260 g/mol. The van der Waals surface area contributed by atoms with Crippen LogP contribution >= 0.6 is 0 Å². The maximum atomic E-state index is 6.17. The van der Waals surface area contributed by atoms with Crippen LogP contribution < -0.4 is 0 Å². The average Bonchev–Trinajstić information content (AvgIpc) is 2.20. The molecule has 0 saturated carbocycles. The summed E-state index contributed by atoms with van der Waals surface area (Å²) < 4.78 is 18.0. The zero-order valence-corrected chi connectivity index (χ0v) is 15.3. The van der Waals surface area contributed by atoms with Crippen LogP contribution in [0.4, 0.5) is 0 Å². The summed E-state index contributed by atoms with van der Waals surface area (Å²) in [6.07, 6.45) is 3.38. The largest absolute Gasteiger partial charge is 0.415 e. The minimum absolute atomic E-state index is 0.748. The molecule has 3 nitrogen and oxygen atoms in total. The summed E-state index contributed by atoms with van der Waals surface area (Å²) in [4.78, 5) is 0. The molecule has 0 aromatic carbocycles. The molecule has 110 valence electrons. The normalized spacial score (nSPS) is 13.3. The fourth-order valence-corrected chi connectivity index (χ4v) is 8.35. The fourth-order valence-electron chi connectivity index (χ4n) is 1.81. The average molecular weight is 293 g/mol. The molecule has 0 aliphatic carbocycles. The van der Waals surface area contributed by atoms with E-state index in [1.807, 2.05) is 0 Å². The lowest BCUT2D eigenvalue weighted by atomic mass is 10.1. The molecule has 18 heavy (non-hydrogen) atoms. The predicted octanol–water partition coefficient (Wildman–Crippen LogP) is 4.29. The van der Waals surface area contributed by atoms with Crippen molar-refractivity contribution in [3.8, 4) is 0 Å². The molecule has 0 aliphatic heterocycles. The standard InChI is InChI=1S/C13H32O3Si2/c1-8-11-14-17(4,5)16-18(6,7)15-12-9-10-13(2)3/h13H,8-12H2,1-7H3. The van der Waals surface area contributed by atoms with E-state index >= 15 is 0 Å². The van der Waals surface area contributed by atoms with Gasteiger partial charge in [-0.1, -0.05) is 20.8 Å². The maximum absolute atomic E-state index is 6.17. The first-order valence-corrected chi connectivity index (χ1v) is 12.8. The summed E-state index contributed by atoms with van der Waals surface area (Å²) in [5.74, 6) is 0.748. The molecule has 0 aromatic heterocycles. The third-order valence-electron chi connectivity index (χ3n) is 2.52. The van der Waals surface area contributed by atoms with Gasteiger partial charge in [0.15, 0.2) is 0 Å². The van der Waals surface area contributed by atoms with Crippen molar-refractivity contribution in [3.63, 3.8) is 0 Å². The highest BCUT2D eigenvalue weighted by Gasteiger charge is 2.36. The molecule has 0 atom stereocenters. The van der Waals surface area contributed by atoms with Gasteiger partial charge < -0.3 is 13.0 Å². The van der Waals surface area contributed by atoms with Crippen LogP contribution in [0.3, 0.4) is 0 Å². The fraction of sp³-hybridized carbons (Fsp3) is 1.00. The highest BCUT2D eigenvalue weighted by molar-refractivity contribution is 6.78. The molecule has 0 spiro atoms. The Kier molecular flexibility index (Phi) is 8.63. The lowest BCUT2D eigenvalue weighted by molar-refractivity contribution is 0.191. The quantitative estimate of drug-likeness (QED) is 0.444. The first-order valence-electron chi connectivity index (χ1n) is 7.16. The second-order valence-electron chi connectivity index (χ2n) is 6.13. The van der Waals surface area contributed by atoms with Gasteiger partial charge >= 0.3 is 17.1 Å². The van der Waals surface area contributed by atoms with Gasteiger partial charge in [0.2, 0.25) is 0 Å². The van der Waals surface area contributed by atoms with Crippen molar-refractivity contribution in [2.45, 2.75) is 66.2 Å². The van der Waals surface area contributed by atoms with E-state index in [-0.39, 0.29) is 0 Å². The number of hydrogen-bond donors (Lipinski definition) is 0. The van der Waals surface area contributed by atoms with Crippen LogP contribution in [0.15, 0.2) is 0 Å². The maximum Gasteiger partial charge on any atom is 0.322 e. The molecule has 0 N–H and O–H groups in total. The first-order chi connectivity index (χ1) is 8.18. The van der Waals surface area contributed by atoms with Gasteiger partial charge in [-0.25, -0.2) is 0 Å². The molecule has 0 fully saturated rings. The molecule has 0 aliphatic rings.